The van der Waals surface area contributed by atoms with E-state index in [0.29, 0.717) is 29.9 Å². The van der Waals surface area contributed by atoms with Gasteiger partial charge in [0.25, 0.3) is 0 Å². The van der Waals surface area contributed by atoms with Crippen molar-refractivity contribution in [3.63, 3.8) is 0 Å². The molecule has 0 saturated carbocycles. The van der Waals surface area contributed by atoms with Crippen molar-refractivity contribution in [3.05, 3.63) is 42.1 Å². The molecule has 128 valence electrons. The van der Waals surface area contributed by atoms with Crippen LogP contribution >= 0.6 is 0 Å². The second kappa shape index (κ2) is 8.61. The number of pyridine rings is 1. The lowest BCUT2D eigenvalue weighted by atomic mass is 10.2. The number of nitrogens with one attached hydrogen (secondary N) is 2. The third-order valence-corrected chi connectivity index (χ3v) is 3.34. The van der Waals surface area contributed by atoms with Crippen molar-refractivity contribution >= 4 is 11.6 Å². The Bertz CT molecular complexity index is 687. The Kier molecular flexibility index (Phi) is 6.24. The normalized spacial score (nSPS) is 10.9. The summed E-state index contributed by atoms with van der Waals surface area (Å²) >= 11 is 0. The minimum Gasteiger partial charge on any atom is -0.493 e. The number of aromatic nitrogens is 1. The van der Waals surface area contributed by atoms with E-state index in [4.69, 9.17) is 14.2 Å². The molecule has 2 aromatic rings. The van der Waals surface area contributed by atoms with Crippen LogP contribution in [-0.2, 0) is 6.54 Å². The largest absolute Gasteiger partial charge is 0.493 e. The Morgan fingerprint density at radius 2 is 1.83 bits per heavy atom. The van der Waals surface area contributed by atoms with Gasteiger partial charge in [0.05, 0.1) is 21.3 Å². The average molecular weight is 330 g/mol. The molecule has 0 saturated heterocycles. The van der Waals surface area contributed by atoms with E-state index >= 15 is 0 Å². The Morgan fingerprint density at radius 1 is 1.04 bits per heavy atom. The molecule has 0 amide bonds. The van der Waals surface area contributed by atoms with Gasteiger partial charge >= 0.3 is 0 Å². The SMILES string of the molecule is CN=C(NCc1ccc(OC)nc1)Nc1ccc(OC)c(OC)c1. The molecule has 0 atom stereocenters. The minimum atomic E-state index is 0.587. The zero-order chi connectivity index (χ0) is 17.4. The lowest BCUT2D eigenvalue weighted by molar-refractivity contribution is 0.355. The van der Waals surface area contributed by atoms with Gasteiger partial charge in [-0.3, -0.25) is 4.99 Å². The quantitative estimate of drug-likeness (QED) is 0.625. The van der Waals surface area contributed by atoms with E-state index in [1.165, 1.54) is 0 Å². The number of aliphatic imine (C=N–C) groups is 1. The number of nitrogens with zero attached hydrogens (tertiary/aromatic N) is 2. The number of rotatable bonds is 6. The summed E-state index contributed by atoms with van der Waals surface area (Å²) in [6.45, 7) is 0.587. The lowest BCUT2D eigenvalue weighted by Crippen LogP contribution is -2.30. The predicted molar refractivity (Wildman–Crippen MR) is 94.2 cm³/mol. The first-order chi connectivity index (χ1) is 11.7. The van der Waals surface area contributed by atoms with Crippen molar-refractivity contribution < 1.29 is 14.2 Å². The van der Waals surface area contributed by atoms with Gasteiger partial charge in [-0.05, 0) is 17.7 Å². The Balaban J connectivity index is 1.99. The Morgan fingerprint density at radius 3 is 2.42 bits per heavy atom. The third-order valence-electron chi connectivity index (χ3n) is 3.34. The summed E-state index contributed by atoms with van der Waals surface area (Å²) in [6, 6.07) is 9.34. The number of ether oxygens (including phenoxy) is 3. The molecule has 0 unspecified atom stereocenters. The predicted octanol–water partition coefficient (Wildman–Crippen LogP) is 2.29. The van der Waals surface area contributed by atoms with Crippen molar-refractivity contribution in [2.75, 3.05) is 33.7 Å². The van der Waals surface area contributed by atoms with Crippen LogP contribution in [0, 0.1) is 0 Å². The number of methoxy groups -OCH3 is 3. The van der Waals surface area contributed by atoms with Gasteiger partial charge in [-0.25, -0.2) is 4.98 Å². The lowest BCUT2D eigenvalue weighted by Gasteiger charge is -2.14. The summed E-state index contributed by atoms with van der Waals surface area (Å²) in [4.78, 5) is 8.38. The van der Waals surface area contributed by atoms with Crippen molar-refractivity contribution in [1.82, 2.24) is 10.3 Å². The van der Waals surface area contributed by atoms with Crippen LogP contribution in [0.2, 0.25) is 0 Å². The number of hydrogen-bond acceptors (Lipinski definition) is 5. The topological polar surface area (TPSA) is 77.0 Å². The Labute approximate surface area is 141 Å². The number of hydrogen-bond donors (Lipinski definition) is 2. The van der Waals surface area contributed by atoms with Crippen molar-refractivity contribution in [3.8, 4) is 17.4 Å². The second-order valence-corrected chi connectivity index (χ2v) is 4.83. The first-order valence-electron chi connectivity index (χ1n) is 7.38. The van der Waals surface area contributed by atoms with Gasteiger partial charge in [0.1, 0.15) is 0 Å². The highest BCUT2D eigenvalue weighted by Gasteiger charge is 2.06. The molecule has 7 nitrogen and oxygen atoms in total. The molecule has 1 aromatic heterocycles. The summed E-state index contributed by atoms with van der Waals surface area (Å²) in [5.41, 5.74) is 1.86. The molecule has 0 aliphatic carbocycles. The zero-order valence-electron chi connectivity index (χ0n) is 14.3. The molecular formula is C17H22N4O3. The van der Waals surface area contributed by atoms with E-state index in [-0.39, 0.29) is 0 Å². The van der Waals surface area contributed by atoms with Crippen molar-refractivity contribution in [1.29, 1.82) is 0 Å². The third kappa shape index (κ3) is 4.52. The molecule has 0 fully saturated rings. The van der Waals surface area contributed by atoms with E-state index in [1.54, 1.807) is 34.6 Å². The second-order valence-electron chi connectivity index (χ2n) is 4.83. The zero-order valence-corrected chi connectivity index (χ0v) is 14.3. The van der Waals surface area contributed by atoms with Crippen LogP contribution in [0.3, 0.4) is 0 Å². The van der Waals surface area contributed by atoms with Crippen LogP contribution in [0.15, 0.2) is 41.5 Å². The number of benzene rings is 1. The van der Waals surface area contributed by atoms with E-state index in [9.17, 15) is 0 Å². The van der Waals surface area contributed by atoms with Crippen molar-refractivity contribution in [2.24, 2.45) is 4.99 Å². The average Bonchev–Trinajstić information content (AvgIpc) is 2.65. The van der Waals surface area contributed by atoms with E-state index < -0.39 is 0 Å². The molecule has 24 heavy (non-hydrogen) atoms. The van der Waals surface area contributed by atoms with E-state index in [2.05, 4.69) is 20.6 Å². The summed E-state index contributed by atoms with van der Waals surface area (Å²) in [7, 11) is 6.51. The van der Waals surface area contributed by atoms with Gasteiger partial charge in [-0.1, -0.05) is 6.07 Å². The maximum atomic E-state index is 5.30. The smallest absolute Gasteiger partial charge is 0.212 e. The van der Waals surface area contributed by atoms with Gasteiger partial charge in [-0.15, -0.1) is 0 Å². The fraction of sp³-hybridized carbons (Fsp3) is 0.294. The molecule has 2 N–H and O–H groups in total. The fourth-order valence-corrected chi connectivity index (χ4v) is 2.05. The van der Waals surface area contributed by atoms with Crippen LogP contribution in [0.5, 0.6) is 17.4 Å². The number of guanidine groups is 1. The molecule has 2 rings (SSSR count). The van der Waals surface area contributed by atoms with Crippen LogP contribution in [0.1, 0.15) is 5.56 Å². The van der Waals surface area contributed by atoms with Crippen molar-refractivity contribution in [2.45, 2.75) is 6.54 Å². The van der Waals surface area contributed by atoms with E-state index in [1.807, 2.05) is 30.3 Å². The molecule has 7 heteroatoms. The molecule has 0 aliphatic rings. The molecule has 1 aromatic carbocycles. The molecular weight excluding hydrogens is 308 g/mol. The minimum absolute atomic E-state index is 0.587. The summed E-state index contributed by atoms with van der Waals surface area (Å²) in [5.74, 6) is 2.55. The van der Waals surface area contributed by atoms with Gasteiger partial charge in [0, 0.05) is 37.6 Å². The van der Waals surface area contributed by atoms with Gasteiger partial charge in [0.15, 0.2) is 17.5 Å². The summed E-state index contributed by atoms with van der Waals surface area (Å²) in [6.07, 6.45) is 1.76. The van der Waals surface area contributed by atoms with Gasteiger partial charge in [-0.2, -0.15) is 0 Å². The summed E-state index contributed by atoms with van der Waals surface area (Å²) in [5, 5.41) is 6.43. The highest BCUT2D eigenvalue weighted by molar-refractivity contribution is 5.93. The van der Waals surface area contributed by atoms with E-state index in [0.717, 1.165) is 11.3 Å². The maximum absolute atomic E-state index is 5.30. The fourth-order valence-electron chi connectivity index (χ4n) is 2.05. The highest BCUT2D eigenvalue weighted by atomic mass is 16.5. The Hall–Kier alpha value is -2.96. The first kappa shape index (κ1) is 17.4. The standard InChI is InChI=1S/C17H22N4O3/c1-18-17(20-11-12-5-8-16(24-4)19-10-12)21-13-6-7-14(22-2)15(9-13)23-3/h5-10H,11H2,1-4H3,(H2,18,20,21). The molecule has 0 spiro atoms. The van der Waals surface area contributed by atoms with Crippen LogP contribution in [0.4, 0.5) is 5.69 Å². The highest BCUT2D eigenvalue weighted by Crippen LogP contribution is 2.29. The van der Waals surface area contributed by atoms with Crippen LogP contribution in [0.25, 0.3) is 0 Å². The summed E-state index contributed by atoms with van der Waals surface area (Å²) < 4.78 is 15.6. The maximum Gasteiger partial charge on any atom is 0.212 e. The van der Waals surface area contributed by atoms with Gasteiger partial charge < -0.3 is 24.8 Å². The molecule has 0 radical (unpaired) electrons. The van der Waals surface area contributed by atoms with Crippen LogP contribution in [-0.4, -0.2) is 39.3 Å². The molecule has 0 bridgehead atoms. The molecule has 0 aliphatic heterocycles. The molecule has 1 heterocycles. The monoisotopic (exact) mass is 330 g/mol. The number of anilines is 1. The van der Waals surface area contributed by atoms with Gasteiger partial charge in [0.2, 0.25) is 5.88 Å². The van der Waals surface area contributed by atoms with Crippen LogP contribution < -0.4 is 24.8 Å². The first-order valence-corrected chi connectivity index (χ1v) is 7.38.